The van der Waals surface area contributed by atoms with Gasteiger partial charge in [0.1, 0.15) is 0 Å². The largest absolute Gasteiger partial charge is 0.279 e. The van der Waals surface area contributed by atoms with Crippen molar-refractivity contribution in [3.05, 3.63) is 48.3 Å². The summed E-state index contributed by atoms with van der Waals surface area (Å²) in [6.07, 6.45) is 3.54. The van der Waals surface area contributed by atoms with Crippen molar-refractivity contribution in [1.29, 1.82) is 0 Å². The van der Waals surface area contributed by atoms with Crippen molar-refractivity contribution < 1.29 is 8.42 Å². The Morgan fingerprint density at radius 2 is 2.05 bits per heavy atom. The van der Waals surface area contributed by atoms with Crippen molar-refractivity contribution in [3.63, 3.8) is 0 Å². The van der Waals surface area contributed by atoms with Crippen molar-refractivity contribution in [1.82, 2.24) is 18.8 Å². The number of rotatable bonds is 5. The second-order valence-corrected chi connectivity index (χ2v) is 6.59. The van der Waals surface area contributed by atoms with Gasteiger partial charge in [-0.25, -0.2) is 4.68 Å². The van der Waals surface area contributed by atoms with E-state index in [0.29, 0.717) is 0 Å². The van der Waals surface area contributed by atoms with Crippen LogP contribution in [0.4, 0.5) is 0 Å². The summed E-state index contributed by atoms with van der Waals surface area (Å²) >= 11 is 0. The first-order valence-corrected chi connectivity index (χ1v) is 7.64. The number of hydrogen-bond donors (Lipinski definition) is 1. The summed E-state index contributed by atoms with van der Waals surface area (Å²) in [4.78, 5) is 0. The van der Waals surface area contributed by atoms with Crippen LogP contribution in [0.1, 0.15) is 18.5 Å². The van der Waals surface area contributed by atoms with Crippen LogP contribution < -0.4 is 4.72 Å². The Hall–Kier alpha value is -1.70. The molecule has 0 fully saturated rings. The Morgan fingerprint density at radius 3 is 2.65 bits per heavy atom. The van der Waals surface area contributed by atoms with Gasteiger partial charge in [-0.1, -0.05) is 12.1 Å². The average Bonchev–Trinajstić information content (AvgIpc) is 2.92. The first-order chi connectivity index (χ1) is 9.40. The van der Waals surface area contributed by atoms with Crippen molar-refractivity contribution in [3.8, 4) is 5.69 Å². The molecule has 0 radical (unpaired) electrons. The minimum absolute atomic E-state index is 0.321. The van der Waals surface area contributed by atoms with Crippen LogP contribution in [0.3, 0.4) is 0 Å². The molecule has 0 aliphatic carbocycles. The van der Waals surface area contributed by atoms with E-state index in [-0.39, 0.29) is 6.04 Å². The molecule has 20 heavy (non-hydrogen) atoms. The van der Waals surface area contributed by atoms with Crippen LogP contribution in [-0.2, 0) is 10.2 Å². The van der Waals surface area contributed by atoms with E-state index in [1.54, 1.807) is 10.9 Å². The molecule has 1 heterocycles. The van der Waals surface area contributed by atoms with Crippen molar-refractivity contribution in [2.75, 3.05) is 14.1 Å². The van der Waals surface area contributed by atoms with Crippen LogP contribution in [0.2, 0.25) is 0 Å². The molecule has 108 valence electrons. The molecule has 0 aliphatic rings. The summed E-state index contributed by atoms with van der Waals surface area (Å²) in [5.74, 6) is 0. The maximum atomic E-state index is 11.8. The predicted molar refractivity (Wildman–Crippen MR) is 77.7 cm³/mol. The summed E-state index contributed by atoms with van der Waals surface area (Å²) in [6.45, 7) is 1.81. The highest BCUT2D eigenvalue weighted by Gasteiger charge is 2.18. The fraction of sp³-hybridized carbons (Fsp3) is 0.308. The van der Waals surface area contributed by atoms with E-state index in [2.05, 4.69) is 9.82 Å². The average molecular weight is 294 g/mol. The SMILES string of the molecule is C[C@H](NS(=O)(=O)N(C)C)c1cccc(-n2cccn2)c1. The second kappa shape index (κ2) is 5.74. The highest BCUT2D eigenvalue weighted by Crippen LogP contribution is 2.17. The lowest BCUT2D eigenvalue weighted by Crippen LogP contribution is -2.37. The van der Waals surface area contributed by atoms with E-state index in [9.17, 15) is 8.42 Å². The summed E-state index contributed by atoms with van der Waals surface area (Å²) in [5, 5.41) is 4.16. The summed E-state index contributed by atoms with van der Waals surface area (Å²) in [5.41, 5.74) is 1.77. The number of nitrogens with zero attached hydrogens (tertiary/aromatic N) is 3. The molecule has 1 aromatic carbocycles. The third-order valence-corrected chi connectivity index (χ3v) is 4.56. The first-order valence-electron chi connectivity index (χ1n) is 6.20. The molecule has 0 bridgehead atoms. The molecule has 0 amide bonds. The molecule has 0 saturated carbocycles. The van der Waals surface area contributed by atoms with E-state index >= 15 is 0 Å². The van der Waals surface area contributed by atoms with Gasteiger partial charge in [-0.3, -0.25) is 0 Å². The van der Waals surface area contributed by atoms with Crippen LogP contribution in [-0.4, -0.2) is 36.6 Å². The van der Waals surface area contributed by atoms with Crippen molar-refractivity contribution >= 4 is 10.2 Å². The van der Waals surface area contributed by atoms with Gasteiger partial charge in [0.25, 0.3) is 10.2 Å². The van der Waals surface area contributed by atoms with Gasteiger partial charge in [0, 0.05) is 32.5 Å². The van der Waals surface area contributed by atoms with Gasteiger partial charge in [-0.05, 0) is 30.7 Å². The molecular weight excluding hydrogens is 276 g/mol. The number of benzene rings is 1. The third-order valence-electron chi connectivity index (χ3n) is 2.95. The highest BCUT2D eigenvalue weighted by molar-refractivity contribution is 7.87. The lowest BCUT2D eigenvalue weighted by atomic mass is 10.1. The summed E-state index contributed by atoms with van der Waals surface area (Å²) in [6, 6.07) is 9.12. The van der Waals surface area contributed by atoms with Gasteiger partial charge in [-0.15, -0.1) is 0 Å². The topological polar surface area (TPSA) is 67.2 Å². The minimum Gasteiger partial charge on any atom is -0.241 e. The molecule has 0 unspecified atom stereocenters. The lowest BCUT2D eigenvalue weighted by molar-refractivity contribution is 0.494. The Labute approximate surface area is 119 Å². The van der Waals surface area contributed by atoms with Crippen LogP contribution in [0, 0.1) is 0 Å². The highest BCUT2D eigenvalue weighted by atomic mass is 32.2. The Kier molecular flexibility index (Phi) is 4.22. The zero-order valence-corrected chi connectivity index (χ0v) is 12.5. The molecule has 7 heteroatoms. The van der Waals surface area contributed by atoms with E-state index in [1.165, 1.54) is 14.1 Å². The quantitative estimate of drug-likeness (QED) is 0.904. The van der Waals surface area contributed by atoms with Gasteiger partial charge in [0.15, 0.2) is 0 Å². The van der Waals surface area contributed by atoms with Gasteiger partial charge < -0.3 is 0 Å². The van der Waals surface area contributed by atoms with E-state index < -0.39 is 10.2 Å². The molecule has 6 nitrogen and oxygen atoms in total. The Bertz CT molecular complexity index is 665. The molecule has 1 aromatic heterocycles. The van der Waals surface area contributed by atoms with Gasteiger partial charge in [0.2, 0.25) is 0 Å². The number of aromatic nitrogens is 2. The molecule has 0 spiro atoms. The van der Waals surface area contributed by atoms with Crippen molar-refractivity contribution in [2.24, 2.45) is 0 Å². The van der Waals surface area contributed by atoms with E-state index in [1.807, 2.05) is 43.5 Å². The van der Waals surface area contributed by atoms with Gasteiger partial charge in [-0.2, -0.15) is 22.5 Å². The molecule has 2 aromatic rings. The second-order valence-electron chi connectivity index (χ2n) is 4.67. The van der Waals surface area contributed by atoms with E-state index in [4.69, 9.17) is 0 Å². The first kappa shape index (κ1) is 14.7. The van der Waals surface area contributed by atoms with Gasteiger partial charge >= 0.3 is 0 Å². The predicted octanol–water partition coefficient (Wildman–Crippen LogP) is 1.33. The zero-order valence-electron chi connectivity index (χ0n) is 11.7. The fourth-order valence-electron chi connectivity index (χ4n) is 1.76. The number of hydrogen-bond acceptors (Lipinski definition) is 3. The summed E-state index contributed by atoms with van der Waals surface area (Å²) < 4.78 is 29.1. The van der Waals surface area contributed by atoms with Crippen LogP contribution in [0.25, 0.3) is 5.69 Å². The maximum Gasteiger partial charge on any atom is 0.279 e. The van der Waals surface area contributed by atoms with Crippen LogP contribution in [0.15, 0.2) is 42.7 Å². The van der Waals surface area contributed by atoms with E-state index in [0.717, 1.165) is 15.6 Å². The Balaban J connectivity index is 2.23. The normalized spacial score (nSPS) is 13.6. The van der Waals surface area contributed by atoms with Crippen LogP contribution >= 0.6 is 0 Å². The molecule has 2 rings (SSSR count). The smallest absolute Gasteiger partial charge is 0.241 e. The standard InChI is InChI=1S/C13H18N4O2S/c1-11(15-20(18,19)16(2)3)12-6-4-7-13(10-12)17-9-5-8-14-17/h4-11,15H,1-3H3/t11-/m0/s1. The minimum atomic E-state index is -3.45. The molecule has 0 aliphatic heterocycles. The molecule has 1 N–H and O–H groups in total. The third kappa shape index (κ3) is 3.24. The molecule has 0 saturated heterocycles. The number of nitrogens with one attached hydrogen (secondary N) is 1. The lowest BCUT2D eigenvalue weighted by Gasteiger charge is -2.18. The fourth-order valence-corrected chi connectivity index (χ4v) is 2.55. The Morgan fingerprint density at radius 1 is 1.30 bits per heavy atom. The maximum absolute atomic E-state index is 11.8. The van der Waals surface area contributed by atoms with Crippen LogP contribution in [0.5, 0.6) is 0 Å². The monoisotopic (exact) mass is 294 g/mol. The van der Waals surface area contributed by atoms with Crippen molar-refractivity contribution in [2.45, 2.75) is 13.0 Å². The zero-order chi connectivity index (χ0) is 14.8. The molecular formula is C13H18N4O2S. The van der Waals surface area contributed by atoms with Gasteiger partial charge in [0.05, 0.1) is 5.69 Å². The summed E-state index contributed by atoms with van der Waals surface area (Å²) in [7, 11) is -0.461. The molecule has 1 atom stereocenters.